The second kappa shape index (κ2) is 5.91. The number of rotatable bonds is 5. The zero-order valence-electron chi connectivity index (χ0n) is 11.4. The van der Waals surface area contributed by atoms with Crippen LogP contribution in [0.15, 0.2) is 12.5 Å². The Kier molecular flexibility index (Phi) is 4.78. The first-order valence-electron chi connectivity index (χ1n) is 6.05. The van der Waals surface area contributed by atoms with E-state index in [1.165, 1.54) is 12.5 Å². The van der Waals surface area contributed by atoms with Gasteiger partial charge in [0.2, 0.25) is 0 Å². The van der Waals surface area contributed by atoms with Crippen LogP contribution in [0.2, 0.25) is 0 Å². The van der Waals surface area contributed by atoms with E-state index in [-0.39, 0.29) is 11.0 Å². The van der Waals surface area contributed by atoms with Gasteiger partial charge >= 0.3 is 5.97 Å². The topological polar surface area (TPSA) is 75.1 Å². The standard InChI is InChI=1S/C13H21N3O2/c1-9(13(2,3)4)5-14-7-11-10(12(17)18)6-15-8-16-11/h6,8-9,14H,5,7H2,1-4H3,(H,17,18). The first-order valence-corrected chi connectivity index (χ1v) is 6.05. The van der Waals surface area contributed by atoms with Crippen molar-refractivity contribution in [3.05, 3.63) is 23.8 Å². The molecule has 0 spiro atoms. The van der Waals surface area contributed by atoms with E-state index >= 15 is 0 Å². The van der Waals surface area contributed by atoms with E-state index in [1.807, 2.05) is 0 Å². The molecule has 0 aliphatic heterocycles. The Bertz CT molecular complexity index is 413. The van der Waals surface area contributed by atoms with Gasteiger partial charge in [0, 0.05) is 12.7 Å². The third kappa shape index (κ3) is 4.07. The van der Waals surface area contributed by atoms with Gasteiger partial charge in [0.25, 0.3) is 0 Å². The second-order valence-corrected chi connectivity index (χ2v) is 5.59. The summed E-state index contributed by atoms with van der Waals surface area (Å²) in [5, 5.41) is 12.2. The van der Waals surface area contributed by atoms with Crippen molar-refractivity contribution in [2.24, 2.45) is 11.3 Å². The molecule has 0 amide bonds. The minimum Gasteiger partial charge on any atom is -0.478 e. The summed E-state index contributed by atoms with van der Waals surface area (Å²) in [5.74, 6) is -0.496. The summed E-state index contributed by atoms with van der Waals surface area (Å²) in [5.41, 5.74) is 0.918. The Morgan fingerprint density at radius 2 is 2.17 bits per heavy atom. The summed E-state index contributed by atoms with van der Waals surface area (Å²) in [7, 11) is 0. The number of aromatic carboxylic acids is 1. The molecule has 0 bridgehead atoms. The molecule has 1 heterocycles. The number of carbonyl (C=O) groups is 1. The molecule has 0 saturated carbocycles. The molecule has 0 aliphatic carbocycles. The largest absolute Gasteiger partial charge is 0.478 e. The monoisotopic (exact) mass is 251 g/mol. The van der Waals surface area contributed by atoms with Crippen LogP contribution < -0.4 is 5.32 Å². The molecule has 5 nitrogen and oxygen atoms in total. The van der Waals surface area contributed by atoms with Gasteiger partial charge in [-0.05, 0) is 17.9 Å². The first-order chi connectivity index (χ1) is 8.32. The quantitative estimate of drug-likeness (QED) is 0.836. The number of nitrogens with zero attached hydrogens (tertiary/aromatic N) is 2. The zero-order valence-corrected chi connectivity index (χ0v) is 11.4. The summed E-state index contributed by atoms with van der Waals surface area (Å²) < 4.78 is 0. The van der Waals surface area contributed by atoms with Crippen molar-refractivity contribution in [1.82, 2.24) is 15.3 Å². The van der Waals surface area contributed by atoms with Crippen LogP contribution in [0.3, 0.4) is 0 Å². The summed E-state index contributed by atoms with van der Waals surface area (Å²) in [4.78, 5) is 18.7. The smallest absolute Gasteiger partial charge is 0.339 e. The number of carboxylic acid groups (broad SMARTS) is 1. The molecule has 1 unspecified atom stereocenters. The Labute approximate surface area is 108 Å². The minimum absolute atomic E-state index is 0.161. The Hall–Kier alpha value is -1.49. The molecular formula is C13H21N3O2. The molecule has 100 valence electrons. The number of nitrogens with one attached hydrogen (secondary N) is 1. The summed E-state index contributed by atoms with van der Waals surface area (Å²) in [6.07, 6.45) is 2.70. The van der Waals surface area contributed by atoms with Crippen molar-refractivity contribution in [3.8, 4) is 0 Å². The second-order valence-electron chi connectivity index (χ2n) is 5.59. The van der Waals surface area contributed by atoms with Crippen molar-refractivity contribution < 1.29 is 9.90 Å². The highest BCUT2D eigenvalue weighted by molar-refractivity contribution is 5.88. The highest BCUT2D eigenvalue weighted by atomic mass is 16.4. The van der Waals surface area contributed by atoms with Gasteiger partial charge in [-0.15, -0.1) is 0 Å². The molecule has 0 saturated heterocycles. The van der Waals surface area contributed by atoms with Crippen molar-refractivity contribution >= 4 is 5.97 Å². The number of hydrogen-bond acceptors (Lipinski definition) is 4. The normalized spacial score (nSPS) is 13.3. The van der Waals surface area contributed by atoms with Crippen molar-refractivity contribution in [3.63, 3.8) is 0 Å². The Morgan fingerprint density at radius 3 is 2.72 bits per heavy atom. The summed E-state index contributed by atoms with van der Waals surface area (Å²) >= 11 is 0. The summed E-state index contributed by atoms with van der Waals surface area (Å²) in [6, 6.07) is 0. The van der Waals surface area contributed by atoms with Crippen LogP contribution in [-0.2, 0) is 6.54 Å². The van der Waals surface area contributed by atoms with Crippen LogP contribution in [-0.4, -0.2) is 27.6 Å². The first kappa shape index (κ1) is 14.6. The van der Waals surface area contributed by atoms with Gasteiger partial charge in [0.15, 0.2) is 0 Å². The molecule has 1 rings (SSSR count). The highest BCUT2D eigenvalue weighted by Gasteiger charge is 2.19. The number of carboxylic acids is 1. The molecular weight excluding hydrogens is 230 g/mol. The van der Waals surface area contributed by atoms with E-state index in [2.05, 4.69) is 43.0 Å². The van der Waals surface area contributed by atoms with Crippen LogP contribution in [0.4, 0.5) is 0 Å². The van der Waals surface area contributed by atoms with E-state index in [9.17, 15) is 4.79 Å². The van der Waals surface area contributed by atoms with Crippen LogP contribution in [0.5, 0.6) is 0 Å². The molecule has 1 aromatic rings. The van der Waals surface area contributed by atoms with Gasteiger partial charge in [-0.3, -0.25) is 0 Å². The van der Waals surface area contributed by atoms with Crippen molar-refractivity contribution in [1.29, 1.82) is 0 Å². The fourth-order valence-electron chi connectivity index (χ4n) is 1.39. The SMILES string of the molecule is CC(CNCc1ncncc1C(=O)O)C(C)(C)C. The fraction of sp³-hybridized carbons (Fsp3) is 0.615. The van der Waals surface area contributed by atoms with Crippen LogP contribution in [0.1, 0.15) is 43.7 Å². The molecule has 5 heteroatoms. The number of hydrogen-bond donors (Lipinski definition) is 2. The molecule has 0 aromatic carbocycles. The Morgan fingerprint density at radius 1 is 1.50 bits per heavy atom. The lowest BCUT2D eigenvalue weighted by Crippen LogP contribution is -2.30. The predicted molar refractivity (Wildman–Crippen MR) is 69.3 cm³/mol. The van der Waals surface area contributed by atoms with E-state index in [0.29, 0.717) is 18.2 Å². The van der Waals surface area contributed by atoms with Crippen LogP contribution >= 0.6 is 0 Å². The van der Waals surface area contributed by atoms with Gasteiger partial charge in [-0.2, -0.15) is 0 Å². The lowest BCUT2D eigenvalue weighted by molar-refractivity contribution is 0.0694. The maximum Gasteiger partial charge on any atom is 0.339 e. The van der Waals surface area contributed by atoms with Crippen molar-refractivity contribution in [2.75, 3.05) is 6.54 Å². The van der Waals surface area contributed by atoms with Crippen molar-refractivity contribution in [2.45, 2.75) is 34.2 Å². The van der Waals surface area contributed by atoms with Gasteiger partial charge in [-0.1, -0.05) is 27.7 Å². The molecule has 18 heavy (non-hydrogen) atoms. The van der Waals surface area contributed by atoms with E-state index < -0.39 is 5.97 Å². The van der Waals surface area contributed by atoms with Gasteiger partial charge in [0.05, 0.1) is 5.69 Å². The highest BCUT2D eigenvalue weighted by Crippen LogP contribution is 2.24. The lowest BCUT2D eigenvalue weighted by atomic mass is 9.82. The molecule has 0 aliphatic rings. The fourth-order valence-corrected chi connectivity index (χ4v) is 1.39. The maximum absolute atomic E-state index is 11.0. The zero-order chi connectivity index (χ0) is 13.8. The lowest BCUT2D eigenvalue weighted by Gasteiger charge is -2.27. The third-order valence-corrected chi connectivity index (χ3v) is 3.25. The van der Waals surface area contributed by atoms with Crippen LogP contribution in [0.25, 0.3) is 0 Å². The van der Waals surface area contributed by atoms with E-state index in [1.54, 1.807) is 0 Å². The van der Waals surface area contributed by atoms with Gasteiger partial charge in [-0.25, -0.2) is 14.8 Å². The molecule has 0 radical (unpaired) electrons. The van der Waals surface area contributed by atoms with E-state index in [0.717, 1.165) is 6.54 Å². The average Bonchev–Trinajstić information content (AvgIpc) is 2.28. The molecule has 2 N–H and O–H groups in total. The molecule has 1 aromatic heterocycles. The van der Waals surface area contributed by atoms with Gasteiger partial charge < -0.3 is 10.4 Å². The Balaban J connectivity index is 2.57. The molecule has 0 fully saturated rings. The third-order valence-electron chi connectivity index (χ3n) is 3.25. The minimum atomic E-state index is -0.990. The van der Waals surface area contributed by atoms with Gasteiger partial charge in [0.1, 0.15) is 11.9 Å². The predicted octanol–water partition coefficient (Wildman–Crippen LogP) is 1.95. The van der Waals surface area contributed by atoms with E-state index in [4.69, 9.17) is 5.11 Å². The molecule has 1 atom stereocenters. The summed E-state index contributed by atoms with van der Waals surface area (Å²) in [6.45, 7) is 10.0. The maximum atomic E-state index is 11.0. The average molecular weight is 251 g/mol. The number of aromatic nitrogens is 2. The van der Waals surface area contributed by atoms with Crippen LogP contribution in [0, 0.1) is 11.3 Å².